The zero-order valence-corrected chi connectivity index (χ0v) is 20.8. The zero-order chi connectivity index (χ0) is 26.1. The number of carbonyl (C=O) groups is 2. The zero-order valence-electron chi connectivity index (χ0n) is 20.8. The molecule has 0 radical (unpaired) electrons. The van der Waals surface area contributed by atoms with Gasteiger partial charge in [-0.3, -0.25) is 19.1 Å². The van der Waals surface area contributed by atoms with Gasteiger partial charge in [0, 0.05) is 43.9 Å². The van der Waals surface area contributed by atoms with E-state index >= 15 is 0 Å². The minimum atomic E-state index is -0.944. The van der Waals surface area contributed by atoms with Gasteiger partial charge >= 0.3 is 0 Å². The molecule has 5 aliphatic rings. The summed E-state index contributed by atoms with van der Waals surface area (Å²) < 4.78 is 28.5. The Morgan fingerprint density at radius 1 is 1.11 bits per heavy atom. The lowest BCUT2D eigenvalue weighted by Crippen LogP contribution is -2.51. The van der Waals surface area contributed by atoms with Crippen LogP contribution in [-0.2, 0) is 6.54 Å². The summed E-state index contributed by atoms with van der Waals surface area (Å²) in [6.07, 6.45) is 9.46. The van der Waals surface area contributed by atoms with Crippen molar-refractivity contribution in [3.05, 3.63) is 63.1 Å². The Bertz CT molecular complexity index is 1320. The number of halogens is 2. The molecule has 7 nitrogen and oxygen atoms in total. The number of ketones is 1. The minimum absolute atomic E-state index is 0.0526. The third-order valence-electron chi connectivity index (χ3n) is 9.16. The number of Topliss-reactive ketones (excluding diaryl/α,β-unsaturated/α-hetero) is 1. The third-order valence-corrected chi connectivity index (χ3v) is 9.16. The SMILES string of the molecule is CN1CC(CC23CC4CC(CC(C4)C2)C3)C(=O)c2c(O)c(=O)c(C(=O)NCc3ccc(F)cc3F)cn21. The number of carbonyl (C=O) groups excluding carboxylic acids is 2. The number of amides is 1. The van der Waals surface area contributed by atoms with Crippen molar-refractivity contribution in [2.24, 2.45) is 29.1 Å². The summed E-state index contributed by atoms with van der Waals surface area (Å²) in [4.78, 5) is 39.3. The van der Waals surface area contributed by atoms with Crippen molar-refractivity contribution in [3.63, 3.8) is 0 Å². The van der Waals surface area contributed by atoms with Crippen LogP contribution in [-0.4, -0.2) is 35.1 Å². The number of hydrogen-bond donors (Lipinski definition) is 2. The molecule has 1 aromatic carbocycles. The molecule has 4 bridgehead atoms. The van der Waals surface area contributed by atoms with Crippen molar-refractivity contribution in [2.75, 3.05) is 18.6 Å². The number of aromatic hydroxyl groups is 1. The maximum atomic E-state index is 13.9. The van der Waals surface area contributed by atoms with E-state index in [1.165, 1.54) is 55.5 Å². The molecular weight excluding hydrogens is 480 g/mol. The molecule has 1 unspecified atom stereocenters. The molecule has 1 aliphatic heterocycles. The first-order chi connectivity index (χ1) is 17.6. The fourth-order valence-corrected chi connectivity index (χ4v) is 8.09. The summed E-state index contributed by atoms with van der Waals surface area (Å²) in [6.45, 7) is 0.159. The number of hydrogen-bond acceptors (Lipinski definition) is 5. The molecule has 4 fully saturated rings. The highest BCUT2D eigenvalue weighted by atomic mass is 19.1. The summed E-state index contributed by atoms with van der Waals surface area (Å²) in [7, 11) is 1.77. The van der Waals surface area contributed by atoms with E-state index in [-0.39, 0.29) is 40.5 Å². The van der Waals surface area contributed by atoms with Gasteiger partial charge in [-0.1, -0.05) is 6.07 Å². The van der Waals surface area contributed by atoms with E-state index in [4.69, 9.17) is 0 Å². The lowest BCUT2D eigenvalue weighted by atomic mass is 9.48. The summed E-state index contributed by atoms with van der Waals surface area (Å²) in [6, 6.07) is 2.99. The van der Waals surface area contributed by atoms with Gasteiger partial charge in [0.15, 0.2) is 17.2 Å². The quantitative estimate of drug-likeness (QED) is 0.638. The second kappa shape index (κ2) is 8.67. The van der Waals surface area contributed by atoms with Crippen LogP contribution in [0.15, 0.2) is 29.2 Å². The molecule has 4 saturated carbocycles. The molecule has 1 aromatic heterocycles. The minimum Gasteiger partial charge on any atom is -0.503 e. The molecular formula is C28H31F2N3O4. The molecule has 1 amide bonds. The maximum absolute atomic E-state index is 13.9. The van der Waals surface area contributed by atoms with Gasteiger partial charge in [-0.05, 0) is 74.2 Å². The van der Waals surface area contributed by atoms with Crippen LogP contribution in [0, 0.1) is 40.7 Å². The number of aromatic nitrogens is 1. The van der Waals surface area contributed by atoms with Gasteiger partial charge in [0.2, 0.25) is 5.43 Å². The van der Waals surface area contributed by atoms with Crippen LogP contribution in [0.5, 0.6) is 5.75 Å². The molecule has 0 spiro atoms. The molecule has 0 saturated heterocycles. The van der Waals surface area contributed by atoms with E-state index in [9.17, 15) is 28.3 Å². The first-order valence-corrected chi connectivity index (χ1v) is 13.1. The van der Waals surface area contributed by atoms with Crippen LogP contribution in [0.4, 0.5) is 8.78 Å². The Hall–Kier alpha value is -3.23. The normalized spacial score (nSPS) is 29.9. The second-order valence-electron chi connectivity index (χ2n) is 11.9. The highest BCUT2D eigenvalue weighted by molar-refractivity contribution is 6.01. The average molecular weight is 512 g/mol. The molecule has 1 atom stereocenters. The monoisotopic (exact) mass is 511 g/mol. The molecule has 37 heavy (non-hydrogen) atoms. The molecule has 9 heteroatoms. The first kappa shape index (κ1) is 24.1. The van der Waals surface area contributed by atoms with Crippen LogP contribution in [0.1, 0.15) is 71.4 Å². The largest absolute Gasteiger partial charge is 0.503 e. The molecule has 2 N–H and O–H groups in total. The van der Waals surface area contributed by atoms with E-state index < -0.39 is 28.7 Å². The summed E-state index contributed by atoms with van der Waals surface area (Å²) >= 11 is 0. The van der Waals surface area contributed by atoms with Crippen molar-refractivity contribution in [2.45, 2.75) is 51.5 Å². The van der Waals surface area contributed by atoms with E-state index in [0.717, 1.165) is 30.2 Å². The van der Waals surface area contributed by atoms with Crippen molar-refractivity contribution in [3.8, 4) is 5.75 Å². The summed E-state index contributed by atoms with van der Waals surface area (Å²) in [5, 5.41) is 15.0. The Balaban J connectivity index is 1.24. The predicted molar refractivity (Wildman–Crippen MR) is 132 cm³/mol. The molecule has 196 valence electrons. The number of rotatable bonds is 5. The van der Waals surface area contributed by atoms with Gasteiger partial charge in [0.1, 0.15) is 17.2 Å². The predicted octanol–water partition coefficient (Wildman–Crippen LogP) is 3.75. The second-order valence-corrected chi connectivity index (χ2v) is 11.9. The number of fused-ring (bicyclic) bond motifs is 1. The first-order valence-electron chi connectivity index (χ1n) is 13.1. The maximum Gasteiger partial charge on any atom is 0.257 e. The lowest BCUT2D eigenvalue weighted by Gasteiger charge is -2.58. The number of pyridine rings is 1. The van der Waals surface area contributed by atoms with Crippen molar-refractivity contribution in [1.82, 2.24) is 9.99 Å². The molecule has 2 aromatic rings. The van der Waals surface area contributed by atoms with Crippen molar-refractivity contribution in [1.29, 1.82) is 0 Å². The van der Waals surface area contributed by atoms with E-state index in [0.29, 0.717) is 12.6 Å². The summed E-state index contributed by atoms with van der Waals surface area (Å²) in [5.74, 6) is -1.43. The smallest absolute Gasteiger partial charge is 0.257 e. The molecule has 4 aliphatic carbocycles. The van der Waals surface area contributed by atoms with Crippen LogP contribution >= 0.6 is 0 Å². The van der Waals surface area contributed by atoms with Gasteiger partial charge < -0.3 is 15.4 Å². The number of nitrogens with zero attached hydrogens (tertiary/aromatic N) is 2. The summed E-state index contributed by atoms with van der Waals surface area (Å²) in [5.41, 5.74) is -1.17. The van der Waals surface area contributed by atoms with E-state index in [1.54, 1.807) is 12.1 Å². The highest BCUT2D eigenvalue weighted by Crippen LogP contribution is 2.62. The fraction of sp³-hybridized carbons (Fsp3) is 0.536. The van der Waals surface area contributed by atoms with Gasteiger partial charge in [-0.15, -0.1) is 0 Å². The van der Waals surface area contributed by atoms with Gasteiger partial charge in [0.25, 0.3) is 5.91 Å². The highest BCUT2D eigenvalue weighted by Gasteiger charge is 2.52. The van der Waals surface area contributed by atoms with Crippen molar-refractivity contribution >= 4 is 11.7 Å². The Labute approximate surface area is 213 Å². The van der Waals surface area contributed by atoms with Gasteiger partial charge in [-0.25, -0.2) is 8.78 Å². The lowest BCUT2D eigenvalue weighted by molar-refractivity contribution is -0.0634. The van der Waals surface area contributed by atoms with Crippen LogP contribution in [0.2, 0.25) is 0 Å². The molecule has 7 rings (SSSR count). The van der Waals surface area contributed by atoms with Crippen LogP contribution in [0.25, 0.3) is 0 Å². The standard InChI is InChI=1S/C28H31F2N3O4/c1-32-13-19(11-28-8-15-4-16(9-28)6-17(5-15)10-28)24(34)23-26(36)25(35)21(14-33(23)32)27(37)31-12-18-2-3-20(29)7-22(18)30/h2-3,7,14-17,19,36H,4-6,8-13H2,1H3,(H,31,37). The number of benzene rings is 1. The van der Waals surface area contributed by atoms with E-state index in [2.05, 4.69) is 5.32 Å². The van der Waals surface area contributed by atoms with Gasteiger partial charge in [-0.2, -0.15) is 0 Å². The number of nitrogens with one attached hydrogen (secondary N) is 1. The Kier molecular flexibility index (Phi) is 5.65. The molecule has 2 heterocycles. The van der Waals surface area contributed by atoms with Crippen LogP contribution < -0.4 is 15.8 Å². The van der Waals surface area contributed by atoms with E-state index in [1.807, 2.05) is 0 Å². The van der Waals surface area contributed by atoms with Crippen molar-refractivity contribution < 1.29 is 23.5 Å². The average Bonchev–Trinajstić information content (AvgIpc) is 2.82. The topological polar surface area (TPSA) is 91.6 Å². The third kappa shape index (κ3) is 4.12. The Morgan fingerprint density at radius 3 is 2.38 bits per heavy atom. The van der Waals surface area contributed by atoms with Gasteiger partial charge in [0.05, 0.1) is 0 Å². The fourth-order valence-electron chi connectivity index (χ4n) is 8.09. The van der Waals surface area contributed by atoms with Crippen LogP contribution in [0.3, 0.4) is 0 Å². The Morgan fingerprint density at radius 2 is 1.76 bits per heavy atom.